The average Bonchev–Trinajstić information content (AvgIpc) is 3.25. The second-order valence-corrected chi connectivity index (χ2v) is 7.42. The van der Waals surface area contributed by atoms with Gasteiger partial charge in [0.1, 0.15) is 0 Å². The number of alkyl halides is 3. The van der Waals surface area contributed by atoms with E-state index < -0.39 is 12.1 Å². The Labute approximate surface area is 155 Å². The van der Waals surface area contributed by atoms with E-state index in [9.17, 15) is 13.2 Å². The van der Waals surface area contributed by atoms with Crippen LogP contribution in [0, 0.1) is 11.3 Å². The Balaban J connectivity index is 0.000000260. The lowest BCUT2D eigenvalue weighted by Gasteiger charge is -2.48. The summed E-state index contributed by atoms with van der Waals surface area (Å²) in [6, 6.07) is 1.88. The molecule has 0 saturated carbocycles. The Hall–Kier alpha value is -1.94. The number of hydrogen-bond donors (Lipinski definition) is 1. The van der Waals surface area contributed by atoms with Crippen LogP contribution in [0.4, 0.5) is 19.1 Å². The van der Waals surface area contributed by atoms with Crippen LogP contribution in [0.25, 0.3) is 0 Å². The highest BCUT2D eigenvalue weighted by molar-refractivity contribution is 5.73. The van der Waals surface area contributed by atoms with Crippen molar-refractivity contribution in [1.82, 2.24) is 14.9 Å². The van der Waals surface area contributed by atoms with Crippen LogP contribution in [0.1, 0.15) is 12.8 Å². The fourth-order valence-corrected chi connectivity index (χ4v) is 3.94. The number of nitrogens with zero attached hydrogens (tertiary/aromatic N) is 4. The second-order valence-electron chi connectivity index (χ2n) is 7.42. The maximum Gasteiger partial charge on any atom is 0.490 e. The molecule has 10 heteroatoms. The largest absolute Gasteiger partial charge is 0.490 e. The van der Waals surface area contributed by atoms with Crippen molar-refractivity contribution in [2.45, 2.75) is 19.0 Å². The summed E-state index contributed by atoms with van der Waals surface area (Å²) >= 11 is 0. The summed E-state index contributed by atoms with van der Waals surface area (Å²) in [5, 5.41) is 7.12. The molecule has 4 rings (SSSR count). The molecule has 0 amide bonds. The Bertz CT molecular complexity index is 632. The number of aliphatic carboxylic acids is 1. The lowest BCUT2D eigenvalue weighted by atomic mass is 9.78. The van der Waals surface area contributed by atoms with E-state index >= 15 is 0 Å². The number of carboxylic acids is 1. The van der Waals surface area contributed by atoms with E-state index in [0.717, 1.165) is 38.2 Å². The molecule has 3 aliphatic heterocycles. The van der Waals surface area contributed by atoms with E-state index in [1.165, 1.54) is 32.5 Å². The molecular formula is C17H23F3N4O3. The number of carbonyl (C=O) groups is 1. The van der Waals surface area contributed by atoms with Crippen molar-refractivity contribution in [2.75, 3.05) is 50.8 Å². The van der Waals surface area contributed by atoms with Crippen LogP contribution in [0.5, 0.6) is 0 Å². The van der Waals surface area contributed by atoms with Crippen LogP contribution in [0.15, 0.2) is 18.5 Å². The molecule has 0 radical (unpaired) electrons. The van der Waals surface area contributed by atoms with Gasteiger partial charge >= 0.3 is 12.1 Å². The number of likely N-dealkylation sites (tertiary alicyclic amines) is 1. The minimum absolute atomic E-state index is 0.499. The summed E-state index contributed by atoms with van der Waals surface area (Å²) < 4.78 is 37.2. The van der Waals surface area contributed by atoms with Crippen LogP contribution < -0.4 is 4.90 Å². The number of ether oxygens (including phenoxy) is 1. The maximum absolute atomic E-state index is 10.6. The lowest BCUT2D eigenvalue weighted by Crippen LogP contribution is -2.58. The highest BCUT2D eigenvalue weighted by Crippen LogP contribution is 2.40. The van der Waals surface area contributed by atoms with E-state index in [2.05, 4.69) is 19.8 Å². The van der Waals surface area contributed by atoms with E-state index in [1.54, 1.807) is 0 Å². The molecule has 1 aromatic heterocycles. The molecule has 4 heterocycles. The molecule has 3 saturated heterocycles. The van der Waals surface area contributed by atoms with Crippen molar-refractivity contribution in [3.63, 3.8) is 0 Å². The predicted molar refractivity (Wildman–Crippen MR) is 90.4 cm³/mol. The smallest absolute Gasteiger partial charge is 0.475 e. The quantitative estimate of drug-likeness (QED) is 0.844. The number of halogens is 3. The molecule has 0 aliphatic carbocycles. The van der Waals surface area contributed by atoms with Gasteiger partial charge in [0.15, 0.2) is 0 Å². The number of carboxylic acid groups (broad SMARTS) is 1. The van der Waals surface area contributed by atoms with Crippen LogP contribution in [0.2, 0.25) is 0 Å². The Morgan fingerprint density at radius 3 is 2.52 bits per heavy atom. The zero-order chi connectivity index (χ0) is 19.5. The summed E-state index contributed by atoms with van der Waals surface area (Å²) in [7, 11) is 0. The van der Waals surface area contributed by atoms with Crippen molar-refractivity contribution in [1.29, 1.82) is 0 Å². The zero-order valence-electron chi connectivity index (χ0n) is 14.9. The Morgan fingerprint density at radius 2 is 1.96 bits per heavy atom. The van der Waals surface area contributed by atoms with Gasteiger partial charge in [-0.2, -0.15) is 13.2 Å². The van der Waals surface area contributed by atoms with Crippen molar-refractivity contribution < 1.29 is 27.8 Å². The maximum atomic E-state index is 10.6. The van der Waals surface area contributed by atoms with Gasteiger partial charge in [-0.3, -0.25) is 0 Å². The first-order valence-electron chi connectivity index (χ1n) is 8.90. The molecule has 3 aliphatic rings. The molecule has 1 aromatic rings. The molecule has 3 fully saturated rings. The normalized spacial score (nSPS) is 24.4. The van der Waals surface area contributed by atoms with Gasteiger partial charge in [0.25, 0.3) is 0 Å². The number of anilines is 1. The second kappa shape index (κ2) is 7.97. The summed E-state index contributed by atoms with van der Waals surface area (Å²) in [5.74, 6) is -1.10. The van der Waals surface area contributed by atoms with E-state index in [-0.39, 0.29) is 0 Å². The van der Waals surface area contributed by atoms with Crippen molar-refractivity contribution in [3.8, 4) is 0 Å². The third-order valence-electron chi connectivity index (χ3n) is 5.17. The molecule has 7 nitrogen and oxygen atoms in total. The predicted octanol–water partition coefficient (Wildman–Crippen LogP) is 1.66. The molecule has 1 spiro atoms. The fourth-order valence-electron chi connectivity index (χ4n) is 3.94. The number of hydrogen-bond acceptors (Lipinski definition) is 6. The monoisotopic (exact) mass is 388 g/mol. The number of rotatable bonds is 3. The summed E-state index contributed by atoms with van der Waals surface area (Å²) in [5.41, 5.74) is 0.499. The van der Waals surface area contributed by atoms with Gasteiger partial charge in [-0.15, -0.1) is 0 Å². The Kier molecular flexibility index (Phi) is 5.85. The van der Waals surface area contributed by atoms with Crippen LogP contribution >= 0.6 is 0 Å². The van der Waals surface area contributed by atoms with Crippen LogP contribution in [-0.4, -0.2) is 78.1 Å². The van der Waals surface area contributed by atoms with Crippen LogP contribution in [-0.2, 0) is 9.53 Å². The zero-order valence-corrected chi connectivity index (χ0v) is 14.9. The summed E-state index contributed by atoms with van der Waals surface area (Å²) in [4.78, 5) is 22.6. The van der Waals surface area contributed by atoms with Crippen molar-refractivity contribution >= 4 is 11.9 Å². The number of aromatic nitrogens is 2. The first-order chi connectivity index (χ1) is 12.8. The molecule has 1 atom stereocenters. The van der Waals surface area contributed by atoms with Crippen LogP contribution in [0.3, 0.4) is 0 Å². The summed E-state index contributed by atoms with van der Waals surface area (Å²) in [6.45, 7) is 7.86. The lowest BCUT2D eigenvalue weighted by molar-refractivity contribution is -0.192. The standard InChI is InChI=1S/C15H22N4O.C2HF3O2/c1-4-16-14(17-5-1)19-6-3-15(12-19)10-18(11-15)8-13-2-7-20-9-13;3-2(4,5)1(6)7/h1,4-5,13H,2-3,6-12H2;(H,6,7). The van der Waals surface area contributed by atoms with E-state index in [0.29, 0.717) is 5.41 Å². The van der Waals surface area contributed by atoms with Crippen molar-refractivity contribution in [3.05, 3.63) is 18.5 Å². The van der Waals surface area contributed by atoms with Gasteiger partial charge in [-0.1, -0.05) is 0 Å². The average molecular weight is 388 g/mol. The van der Waals surface area contributed by atoms with Crippen molar-refractivity contribution in [2.24, 2.45) is 11.3 Å². The fraction of sp³-hybridized carbons (Fsp3) is 0.706. The van der Waals surface area contributed by atoms with E-state index in [4.69, 9.17) is 14.6 Å². The third-order valence-corrected chi connectivity index (χ3v) is 5.17. The molecule has 27 heavy (non-hydrogen) atoms. The molecule has 0 bridgehead atoms. The minimum atomic E-state index is -5.08. The molecule has 150 valence electrons. The van der Waals surface area contributed by atoms with Gasteiger partial charge < -0.3 is 19.6 Å². The van der Waals surface area contributed by atoms with Gasteiger partial charge in [0.2, 0.25) is 5.95 Å². The van der Waals surface area contributed by atoms with Gasteiger partial charge in [-0.05, 0) is 24.8 Å². The molecular weight excluding hydrogens is 365 g/mol. The minimum Gasteiger partial charge on any atom is -0.475 e. The first kappa shape index (κ1) is 19.8. The van der Waals surface area contributed by atoms with Gasteiger partial charge in [-0.25, -0.2) is 14.8 Å². The van der Waals surface area contributed by atoms with E-state index in [1.807, 2.05) is 18.5 Å². The highest BCUT2D eigenvalue weighted by Gasteiger charge is 2.48. The van der Waals surface area contributed by atoms with Gasteiger partial charge in [0.05, 0.1) is 6.61 Å². The first-order valence-corrected chi connectivity index (χ1v) is 8.90. The Morgan fingerprint density at radius 1 is 1.30 bits per heavy atom. The summed E-state index contributed by atoms with van der Waals surface area (Å²) in [6.07, 6.45) is 1.11. The molecule has 1 unspecified atom stereocenters. The third kappa shape index (κ3) is 5.07. The molecule has 0 aromatic carbocycles. The highest BCUT2D eigenvalue weighted by atomic mass is 19.4. The SMILES string of the molecule is O=C(O)C(F)(F)F.c1cnc(N2CCC3(CN(CC4CCOC4)C3)C2)nc1. The van der Waals surface area contributed by atoms with Gasteiger partial charge in [0, 0.05) is 57.1 Å². The molecule has 1 N–H and O–H groups in total. The topological polar surface area (TPSA) is 78.8 Å².